The molecule has 4 atom stereocenters. The Hall–Kier alpha value is -1.07. The number of aliphatic imine (C=N–C) groups is 1. The van der Waals surface area contributed by atoms with Gasteiger partial charge in [0.2, 0.25) is 0 Å². The minimum atomic E-state index is -1.43. The van der Waals surface area contributed by atoms with Crippen molar-refractivity contribution in [2.75, 3.05) is 19.5 Å². The van der Waals surface area contributed by atoms with Crippen LogP contribution in [0.2, 0.25) is 0 Å². The molecule has 0 aromatic carbocycles. The molecule has 124 valence electrons. The zero-order chi connectivity index (χ0) is 16.7. The first kappa shape index (κ1) is 17.3. The molecule has 22 heavy (non-hydrogen) atoms. The summed E-state index contributed by atoms with van der Waals surface area (Å²) in [7, 11) is 0. The van der Waals surface area contributed by atoms with E-state index in [4.69, 9.17) is 10.5 Å². The SMILES string of the molecule is C=C1N=C(N)C=CN1[C@@H]1OC(CCP(=C)(C)C)[C@@H](O)[C@]1(C)O. The van der Waals surface area contributed by atoms with Crippen molar-refractivity contribution in [3.63, 3.8) is 0 Å². The molecular weight excluding hydrogens is 301 g/mol. The second-order valence-electron chi connectivity index (χ2n) is 6.82. The lowest BCUT2D eigenvalue weighted by Gasteiger charge is -2.35. The van der Waals surface area contributed by atoms with Crippen molar-refractivity contribution in [2.24, 2.45) is 10.7 Å². The molecule has 4 N–H and O–H groups in total. The summed E-state index contributed by atoms with van der Waals surface area (Å²) in [6, 6.07) is 0. The van der Waals surface area contributed by atoms with Gasteiger partial charge in [-0.2, -0.15) is 0 Å². The first-order valence-electron chi connectivity index (χ1n) is 7.25. The molecule has 0 radical (unpaired) electrons. The maximum Gasteiger partial charge on any atom is 0.166 e. The lowest BCUT2D eigenvalue weighted by atomic mass is 9.95. The summed E-state index contributed by atoms with van der Waals surface area (Å²) >= 11 is 0. The van der Waals surface area contributed by atoms with Crippen LogP contribution in [0.1, 0.15) is 13.3 Å². The van der Waals surface area contributed by atoms with Crippen molar-refractivity contribution in [2.45, 2.75) is 37.4 Å². The van der Waals surface area contributed by atoms with Crippen LogP contribution in [0.25, 0.3) is 0 Å². The highest BCUT2D eigenvalue weighted by atomic mass is 31.2. The molecule has 0 bridgehead atoms. The lowest BCUT2D eigenvalue weighted by Crippen LogP contribution is -2.51. The van der Waals surface area contributed by atoms with Crippen LogP contribution in [-0.2, 0) is 4.74 Å². The van der Waals surface area contributed by atoms with Gasteiger partial charge in [0, 0.05) is 6.20 Å². The van der Waals surface area contributed by atoms with Gasteiger partial charge in [0.25, 0.3) is 0 Å². The second-order valence-corrected chi connectivity index (χ2v) is 11.1. The maximum absolute atomic E-state index is 10.7. The van der Waals surface area contributed by atoms with Gasteiger partial charge >= 0.3 is 0 Å². The van der Waals surface area contributed by atoms with Gasteiger partial charge in [-0.3, -0.25) is 0 Å². The number of ether oxygens (including phenoxy) is 1. The standard InChI is InChI=1S/C15H26N3O3P/c1-10-17-12(16)6-8-18(10)14-15(2,20)13(19)11(21-14)7-9-22(3,4)5/h6,8,11,13-14,19-20H,1,3,7,9H2,2,4-5H3,(H2,16,17)/t11?,13-,14-,15+/m1/s1. The van der Waals surface area contributed by atoms with Crippen LogP contribution in [0.15, 0.2) is 29.7 Å². The summed E-state index contributed by atoms with van der Waals surface area (Å²) in [6.45, 7) is 8.44. The van der Waals surface area contributed by atoms with Crippen LogP contribution in [0.5, 0.6) is 0 Å². The van der Waals surface area contributed by atoms with E-state index in [1.807, 2.05) is 0 Å². The first-order chi connectivity index (χ1) is 10.0. The lowest BCUT2D eigenvalue weighted by molar-refractivity contribution is -0.109. The Morgan fingerprint density at radius 1 is 1.55 bits per heavy atom. The van der Waals surface area contributed by atoms with E-state index < -0.39 is 30.9 Å². The molecule has 0 aliphatic carbocycles. The molecule has 7 heteroatoms. The highest BCUT2D eigenvalue weighted by molar-refractivity contribution is 7.72. The number of nitrogens with zero attached hydrogens (tertiary/aromatic N) is 2. The molecule has 2 aliphatic heterocycles. The van der Waals surface area contributed by atoms with Crippen molar-refractivity contribution < 1.29 is 14.9 Å². The average molecular weight is 327 g/mol. The molecule has 2 aliphatic rings. The Balaban J connectivity index is 2.15. The van der Waals surface area contributed by atoms with Crippen LogP contribution >= 0.6 is 6.89 Å². The fourth-order valence-electron chi connectivity index (χ4n) is 2.65. The first-order valence-corrected chi connectivity index (χ1v) is 10.3. The van der Waals surface area contributed by atoms with Gasteiger partial charge in [0.15, 0.2) is 6.23 Å². The summed E-state index contributed by atoms with van der Waals surface area (Å²) < 4.78 is 5.92. The molecule has 1 saturated heterocycles. The zero-order valence-corrected chi connectivity index (χ0v) is 14.3. The molecular formula is C15H26N3O3P. The van der Waals surface area contributed by atoms with E-state index in [9.17, 15) is 10.2 Å². The predicted molar refractivity (Wildman–Crippen MR) is 92.4 cm³/mol. The van der Waals surface area contributed by atoms with Crippen molar-refractivity contribution in [3.8, 4) is 0 Å². The van der Waals surface area contributed by atoms with Gasteiger partial charge in [0.05, 0.1) is 6.10 Å². The third-order valence-corrected chi connectivity index (χ3v) is 5.46. The number of hydrogen-bond donors (Lipinski definition) is 3. The van der Waals surface area contributed by atoms with Gasteiger partial charge in [0.1, 0.15) is 23.4 Å². The number of nitrogens with two attached hydrogens (primary N) is 1. The topological polar surface area (TPSA) is 91.3 Å². The number of amidine groups is 1. The maximum atomic E-state index is 10.7. The fraction of sp³-hybridized carbons (Fsp3) is 0.600. The number of hydrogen-bond acceptors (Lipinski definition) is 6. The second kappa shape index (κ2) is 5.85. The average Bonchev–Trinajstić information content (AvgIpc) is 2.59. The van der Waals surface area contributed by atoms with Gasteiger partial charge in [-0.15, -0.1) is 13.2 Å². The van der Waals surface area contributed by atoms with E-state index in [0.29, 0.717) is 18.1 Å². The molecule has 0 saturated carbocycles. The number of rotatable bonds is 4. The van der Waals surface area contributed by atoms with E-state index in [-0.39, 0.29) is 0 Å². The molecule has 0 amide bonds. The van der Waals surface area contributed by atoms with Crippen molar-refractivity contribution in [1.82, 2.24) is 4.90 Å². The Kier molecular flexibility index (Phi) is 4.60. The van der Waals surface area contributed by atoms with E-state index in [2.05, 4.69) is 31.2 Å². The van der Waals surface area contributed by atoms with Gasteiger partial charge in [-0.1, -0.05) is 6.58 Å². The van der Waals surface area contributed by atoms with Crippen molar-refractivity contribution in [3.05, 3.63) is 24.7 Å². The Morgan fingerprint density at radius 2 is 2.18 bits per heavy atom. The van der Waals surface area contributed by atoms with Crippen molar-refractivity contribution in [1.29, 1.82) is 0 Å². The van der Waals surface area contributed by atoms with Crippen LogP contribution in [-0.4, -0.2) is 70.8 Å². The summed E-state index contributed by atoms with van der Waals surface area (Å²) in [5, 5.41) is 21.1. The number of aliphatic hydroxyl groups is 2. The number of aliphatic hydroxyl groups excluding tert-OH is 1. The normalized spacial score (nSPS) is 35.9. The Morgan fingerprint density at radius 3 is 2.73 bits per heavy atom. The molecule has 0 aromatic heterocycles. The largest absolute Gasteiger partial charge is 0.387 e. The molecule has 1 unspecified atom stereocenters. The van der Waals surface area contributed by atoms with E-state index in [1.165, 1.54) is 0 Å². The van der Waals surface area contributed by atoms with Crippen LogP contribution in [0.3, 0.4) is 0 Å². The zero-order valence-electron chi connectivity index (χ0n) is 13.4. The van der Waals surface area contributed by atoms with Crippen LogP contribution in [0, 0.1) is 0 Å². The van der Waals surface area contributed by atoms with Gasteiger partial charge < -0.3 is 25.6 Å². The molecule has 1 fully saturated rings. The minimum Gasteiger partial charge on any atom is -0.387 e. The summed E-state index contributed by atoms with van der Waals surface area (Å²) in [6.07, 6.45) is 6.82. The predicted octanol–water partition coefficient (Wildman–Crippen LogP) is 0.580. The summed E-state index contributed by atoms with van der Waals surface area (Å²) in [4.78, 5) is 5.67. The smallest absolute Gasteiger partial charge is 0.166 e. The van der Waals surface area contributed by atoms with Crippen LogP contribution in [0.4, 0.5) is 0 Å². The Labute approximate surface area is 131 Å². The Bertz CT molecular complexity index is 564. The molecule has 2 heterocycles. The highest BCUT2D eigenvalue weighted by Crippen LogP contribution is 2.41. The fourth-order valence-corrected chi connectivity index (χ4v) is 3.60. The van der Waals surface area contributed by atoms with Gasteiger partial charge in [-0.25, -0.2) is 4.99 Å². The van der Waals surface area contributed by atoms with Crippen LogP contribution < -0.4 is 5.73 Å². The minimum absolute atomic E-state index is 0.347. The van der Waals surface area contributed by atoms with E-state index in [0.717, 1.165) is 6.16 Å². The monoisotopic (exact) mass is 327 g/mol. The molecule has 0 spiro atoms. The van der Waals surface area contributed by atoms with Gasteiger partial charge in [-0.05, 0) is 38.9 Å². The quantitative estimate of drug-likeness (QED) is 0.657. The van der Waals surface area contributed by atoms with Crippen molar-refractivity contribution >= 4 is 19.0 Å². The summed E-state index contributed by atoms with van der Waals surface area (Å²) in [5.74, 6) is 0.725. The molecule has 0 aromatic rings. The van der Waals surface area contributed by atoms with E-state index in [1.54, 1.807) is 24.1 Å². The third kappa shape index (κ3) is 3.46. The van der Waals surface area contributed by atoms with E-state index >= 15 is 0 Å². The third-order valence-electron chi connectivity index (χ3n) is 3.99. The highest BCUT2D eigenvalue weighted by Gasteiger charge is 2.54. The molecule has 6 nitrogen and oxygen atoms in total. The summed E-state index contributed by atoms with van der Waals surface area (Å²) in [5.41, 5.74) is 4.20. The molecule has 2 rings (SSSR count).